The van der Waals surface area contributed by atoms with Crippen molar-refractivity contribution in [1.29, 1.82) is 0 Å². The van der Waals surface area contributed by atoms with Gasteiger partial charge in [0.1, 0.15) is 0 Å². The molecule has 30 heavy (non-hydrogen) atoms. The lowest BCUT2D eigenvalue weighted by atomic mass is 10.1. The summed E-state index contributed by atoms with van der Waals surface area (Å²) in [6.45, 7) is 2.94. The number of halogens is 1. The summed E-state index contributed by atoms with van der Waals surface area (Å²) in [4.78, 5) is 25.2. The van der Waals surface area contributed by atoms with Gasteiger partial charge in [0.25, 0.3) is 11.6 Å². The first-order valence-corrected chi connectivity index (χ1v) is 9.21. The van der Waals surface area contributed by atoms with Crippen LogP contribution in [0.4, 0.5) is 5.69 Å². The molecule has 0 atom stereocenters. The van der Waals surface area contributed by atoms with E-state index in [2.05, 4.69) is 10.3 Å². The summed E-state index contributed by atoms with van der Waals surface area (Å²) in [6, 6.07) is 15.9. The molecular formula is C20H23ClN6O3. The van der Waals surface area contributed by atoms with Gasteiger partial charge in [-0.15, -0.1) is 17.5 Å². The highest BCUT2D eigenvalue weighted by Gasteiger charge is 2.23. The molecule has 0 spiro atoms. The van der Waals surface area contributed by atoms with Gasteiger partial charge in [-0.2, -0.15) is 0 Å². The van der Waals surface area contributed by atoms with Gasteiger partial charge in [0.2, 0.25) is 0 Å². The van der Waals surface area contributed by atoms with Crippen molar-refractivity contribution in [1.82, 2.24) is 19.9 Å². The third kappa shape index (κ3) is 5.19. The maximum Gasteiger partial charge on any atom is 0.276 e. The van der Waals surface area contributed by atoms with E-state index >= 15 is 0 Å². The molecule has 10 heteroatoms. The van der Waals surface area contributed by atoms with Crippen molar-refractivity contribution in [2.75, 3.05) is 19.6 Å². The maximum atomic E-state index is 13.0. The van der Waals surface area contributed by atoms with Crippen LogP contribution in [0.1, 0.15) is 21.7 Å². The monoisotopic (exact) mass is 430 g/mol. The van der Waals surface area contributed by atoms with Gasteiger partial charge in [-0.25, -0.2) is 4.68 Å². The van der Waals surface area contributed by atoms with Crippen molar-refractivity contribution >= 4 is 24.0 Å². The molecule has 158 valence electrons. The Morgan fingerprint density at radius 1 is 1.17 bits per heavy atom. The Bertz CT molecular complexity index is 1010. The minimum atomic E-state index is -0.478. The molecule has 0 saturated carbocycles. The molecule has 1 aromatic heterocycles. The van der Waals surface area contributed by atoms with Crippen LogP contribution in [0.3, 0.4) is 0 Å². The summed E-state index contributed by atoms with van der Waals surface area (Å²) in [5.74, 6) is -0.263. The van der Waals surface area contributed by atoms with E-state index in [1.54, 1.807) is 24.0 Å². The fraction of sp³-hybridized carbons (Fsp3) is 0.250. The molecule has 2 N–H and O–H groups in total. The number of carbonyl (C=O) groups is 1. The highest BCUT2D eigenvalue weighted by molar-refractivity contribution is 5.93. The zero-order valence-corrected chi connectivity index (χ0v) is 17.3. The number of nitrogens with zero attached hydrogens (tertiary/aromatic N) is 5. The molecule has 1 amide bonds. The number of hydrogen-bond acceptors (Lipinski definition) is 6. The zero-order chi connectivity index (χ0) is 20.8. The van der Waals surface area contributed by atoms with Gasteiger partial charge < -0.3 is 10.6 Å². The van der Waals surface area contributed by atoms with Crippen LogP contribution in [-0.2, 0) is 6.42 Å². The van der Waals surface area contributed by atoms with Gasteiger partial charge in [0.15, 0.2) is 5.69 Å². The molecule has 0 saturated heterocycles. The van der Waals surface area contributed by atoms with E-state index in [-0.39, 0.29) is 29.7 Å². The Kier molecular flexibility index (Phi) is 8.02. The summed E-state index contributed by atoms with van der Waals surface area (Å²) in [5.41, 5.74) is 7.95. The lowest BCUT2D eigenvalue weighted by Crippen LogP contribution is -2.37. The number of rotatable bonds is 8. The van der Waals surface area contributed by atoms with E-state index < -0.39 is 4.92 Å². The van der Waals surface area contributed by atoms with Crippen molar-refractivity contribution in [3.63, 3.8) is 0 Å². The summed E-state index contributed by atoms with van der Waals surface area (Å²) >= 11 is 0. The fourth-order valence-corrected chi connectivity index (χ4v) is 3.04. The molecule has 0 fully saturated rings. The van der Waals surface area contributed by atoms with E-state index in [0.717, 1.165) is 5.56 Å². The van der Waals surface area contributed by atoms with Crippen LogP contribution in [0, 0.1) is 17.0 Å². The molecule has 0 aliphatic heterocycles. The van der Waals surface area contributed by atoms with Crippen LogP contribution in [0.5, 0.6) is 0 Å². The fourth-order valence-electron chi connectivity index (χ4n) is 3.04. The number of nitro groups is 1. The van der Waals surface area contributed by atoms with Crippen LogP contribution < -0.4 is 5.73 Å². The molecule has 3 rings (SSSR count). The van der Waals surface area contributed by atoms with Crippen molar-refractivity contribution in [2.24, 2.45) is 5.73 Å². The molecule has 2 aromatic carbocycles. The number of nitro benzene ring substituents is 1. The van der Waals surface area contributed by atoms with Crippen LogP contribution in [0.15, 0.2) is 54.6 Å². The smallest absolute Gasteiger partial charge is 0.276 e. The lowest BCUT2D eigenvalue weighted by Gasteiger charge is -2.21. The van der Waals surface area contributed by atoms with E-state index in [1.165, 1.54) is 16.8 Å². The molecular weight excluding hydrogens is 408 g/mol. The Morgan fingerprint density at radius 2 is 1.90 bits per heavy atom. The number of benzene rings is 2. The standard InChI is InChI=1S/C20H22N6O3.ClH/c1-15-19(22-23-25(15)17-8-5-9-18(14-17)26(28)29)20(27)24(13-11-21)12-10-16-6-3-2-4-7-16;/h2-9,14H,10-13,21H2,1H3;1H. The van der Waals surface area contributed by atoms with E-state index in [4.69, 9.17) is 5.73 Å². The van der Waals surface area contributed by atoms with Crippen molar-refractivity contribution in [3.05, 3.63) is 81.7 Å². The van der Waals surface area contributed by atoms with Crippen LogP contribution >= 0.6 is 12.4 Å². The van der Waals surface area contributed by atoms with E-state index in [0.29, 0.717) is 37.4 Å². The number of carbonyl (C=O) groups excluding carboxylic acids is 1. The van der Waals surface area contributed by atoms with E-state index in [9.17, 15) is 14.9 Å². The quantitative estimate of drug-likeness (QED) is 0.433. The second-order valence-corrected chi connectivity index (χ2v) is 6.53. The first-order valence-electron chi connectivity index (χ1n) is 9.21. The molecule has 0 aliphatic rings. The van der Waals surface area contributed by atoms with Crippen molar-refractivity contribution in [2.45, 2.75) is 13.3 Å². The summed E-state index contributed by atoms with van der Waals surface area (Å²) in [6.07, 6.45) is 0.699. The Hall–Kier alpha value is -3.30. The summed E-state index contributed by atoms with van der Waals surface area (Å²) in [7, 11) is 0. The Labute approximate surface area is 180 Å². The predicted molar refractivity (Wildman–Crippen MR) is 115 cm³/mol. The van der Waals surface area contributed by atoms with Crippen molar-refractivity contribution < 1.29 is 9.72 Å². The Balaban J connectivity index is 0.00000320. The average molecular weight is 431 g/mol. The first-order chi connectivity index (χ1) is 14.0. The molecule has 3 aromatic rings. The third-order valence-electron chi connectivity index (χ3n) is 4.58. The largest absolute Gasteiger partial charge is 0.336 e. The molecule has 0 bridgehead atoms. The maximum absolute atomic E-state index is 13.0. The molecule has 0 aliphatic carbocycles. The van der Waals surface area contributed by atoms with Crippen LogP contribution in [0.25, 0.3) is 5.69 Å². The lowest BCUT2D eigenvalue weighted by molar-refractivity contribution is -0.384. The minimum Gasteiger partial charge on any atom is -0.336 e. The molecule has 9 nitrogen and oxygen atoms in total. The number of amides is 1. The second-order valence-electron chi connectivity index (χ2n) is 6.53. The van der Waals surface area contributed by atoms with Crippen LogP contribution in [0.2, 0.25) is 0 Å². The minimum absolute atomic E-state index is 0. The van der Waals surface area contributed by atoms with Gasteiger partial charge in [-0.1, -0.05) is 41.6 Å². The van der Waals surface area contributed by atoms with Gasteiger partial charge >= 0.3 is 0 Å². The predicted octanol–water partition coefficient (Wildman–Crippen LogP) is 2.55. The number of hydrogen-bond donors (Lipinski definition) is 1. The second kappa shape index (κ2) is 10.5. The third-order valence-corrected chi connectivity index (χ3v) is 4.58. The van der Waals surface area contributed by atoms with Gasteiger partial charge in [-0.3, -0.25) is 14.9 Å². The highest BCUT2D eigenvalue weighted by atomic mass is 35.5. The van der Waals surface area contributed by atoms with Crippen molar-refractivity contribution in [3.8, 4) is 5.69 Å². The topological polar surface area (TPSA) is 120 Å². The Morgan fingerprint density at radius 3 is 2.57 bits per heavy atom. The molecule has 0 unspecified atom stereocenters. The SMILES string of the molecule is Cc1c(C(=O)N(CCN)CCc2ccccc2)nnn1-c1cccc([N+](=O)[O-])c1.Cl. The van der Waals surface area contributed by atoms with Gasteiger partial charge in [0.05, 0.1) is 16.3 Å². The molecule has 1 heterocycles. The number of nitrogens with two attached hydrogens (primary N) is 1. The van der Waals surface area contributed by atoms with Gasteiger partial charge in [0, 0.05) is 31.8 Å². The summed E-state index contributed by atoms with van der Waals surface area (Å²) < 4.78 is 1.43. The normalized spacial score (nSPS) is 10.3. The van der Waals surface area contributed by atoms with E-state index in [1.807, 2.05) is 30.3 Å². The highest BCUT2D eigenvalue weighted by Crippen LogP contribution is 2.19. The number of aromatic nitrogens is 3. The summed E-state index contributed by atoms with van der Waals surface area (Å²) in [5, 5.41) is 19.1. The zero-order valence-electron chi connectivity index (χ0n) is 16.5. The molecule has 0 radical (unpaired) electrons. The number of non-ortho nitro benzene ring substituents is 1. The van der Waals surface area contributed by atoms with Gasteiger partial charge in [-0.05, 0) is 25.0 Å². The van der Waals surface area contributed by atoms with Crippen LogP contribution in [-0.4, -0.2) is 50.4 Å². The first kappa shape index (κ1) is 23.0. The average Bonchev–Trinajstić information content (AvgIpc) is 3.12.